The van der Waals surface area contributed by atoms with Gasteiger partial charge in [-0.05, 0) is 11.5 Å². The van der Waals surface area contributed by atoms with Crippen LogP contribution < -0.4 is 0 Å². The van der Waals surface area contributed by atoms with E-state index >= 15 is 0 Å². The van der Waals surface area contributed by atoms with E-state index < -0.39 is 0 Å². The summed E-state index contributed by atoms with van der Waals surface area (Å²) in [5.74, 6) is 0. The molecular weight excluding hydrogens is 122 g/mol. The first-order valence-electron chi connectivity index (χ1n) is 3.71. The summed E-state index contributed by atoms with van der Waals surface area (Å²) in [6.07, 6.45) is 1.98. The van der Waals surface area contributed by atoms with Gasteiger partial charge in [0, 0.05) is 19.6 Å². The molecule has 0 unspecified atom stereocenters. The van der Waals surface area contributed by atoms with E-state index in [-0.39, 0.29) is 0 Å². The van der Waals surface area contributed by atoms with Gasteiger partial charge in [-0.2, -0.15) is 0 Å². The average Bonchev–Trinajstić information content (AvgIpc) is 1.78. The minimum Gasteiger partial charge on any atom is -0.298 e. The molecule has 0 bridgehead atoms. The van der Waals surface area contributed by atoms with Crippen molar-refractivity contribution in [2.45, 2.75) is 13.8 Å². The van der Waals surface area contributed by atoms with Gasteiger partial charge in [0.25, 0.3) is 0 Å². The molecule has 56 valence electrons. The van der Waals surface area contributed by atoms with Gasteiger partial charge in [-0.3, -0.25) is 4.90 Å². The van der Waals surface area contributed by atoms with Crippen LogP contribution in [0.15, 0.2) is 18.4 Å². The van der Waals surface area contributed by atoms with Gasteiger partial charge in [0.15, 0.2) is 0 Å². The molecule has 1 heteroatoms. The molecule has 0 atom stereocenters. The Balaban J connectivity index is 2.20. The molecule has 1 aliphatic heterocycles. The second kappa shape index (κ2) is 2.61. The van der Waals surface area contributed by atoms with E-state index in [4.69, 9.17) is 0 Å². The van der Waals surface area contributed by atoms with Crippen molar-refractivity contribution in [3.63, 3.8) is 0 Å². The Morgan fingerprint density at radius 3 is 2.60 bits per heavy atom. The predicted octanol–water partition coefficient (Wildman–Crippen LogP) is 1.67. The fourth-order valence-corrected chi connectivity index (χ4v) is 1.49. The number of hydrogen-bond acceptors (Lipinski definition) is 1. The van der Waals surface area contributed by atoms with Crippen LogP contribution in [0.4, 0.5) is 0 Å². The lowest BCUT2D eigenvalue weighted by Gasteiger charge is -2.45. The van der Waals surface area contributed by atoms with Crippen molar-refractivity contribution in [1.29, 1.82) is 0 Å². The van der Waals surface area contributed by atoms with Gasteiger partial charge in [-0.1, -0.05) is 20.4 Å². The van der Waals surface area contributed by atoms with E-state index in [1.165, 1.54) is 13.1 Å². The van der Waals surface area contributed by atoms with Crippen LogP contribution in [-0.4, -0.2) is 24.5 Å². The molecule has 0 aromatic carbocycles. The molecule has 1 heterocycles. The van der Waals surface area contributed by atoms with Crippen LogP contribution in [0.5, 0.6) is 0 Å². The lowest BCUT2D eigenvalue weighted by atomic mass is 9.84. The van der Waals surface area contributed by atoms with Gasteiger partial charge in [-0.25, -0.2) is 0 Å². The molecule has 0 aliphatic carbocycles. The predicted molar refractivity (Wildman–Crippen MR) is 43.9 cm³/mol. The van der Waals surface area contributed by atoms with Gasteiger partial charge in [0.1, 0.15) is 0 Å². The topological polar surface area (TPSA) is 3.24 Å². The molecule has 1 aliphatic rings. The second-order valence-corrected chi connectivity index (χ2v) is 3.74. The molecular formula is C9H15N. The third kappa shape index (κ3) is 1.73. The van der Waals surface area contributed by atoms with Crippen LogP contribution in [0.2, 0.25) is 0 Å². The van der Waals surface area contributed by atoms with Crippen LogP contribution >= 0.6 is 0 Å². The first-order chi connectivity index (χ1) is 4.64. The number of likely N-dealkylation sites (tertiary alicyclic amines) is 1. The molecule has 1 nitrogen and oxygen atoms in total. The highest BCUT2D eigenvalue weighted by Crippen LogP contribution is 2.27. The van der Waals surface area contributed by atoms with Crippen LogP contribution in [-0.2, 0) is 0 Å². The van der Waals surface area contributed by atoms with Crippen LogP contribution in [0.25, 0.3) is 0 Å². The van der Waals surface area contributed by atoms with Gasteiger partial charge in [0.05, 0.1) is 0 Å². The Hall–Kier alpha value is -0.520. The second-order valence-electron chi connectivity index (χ2n) is 3.74. The van der Waals surface area contributed by atoms with Gasteiger partial charge < -0.3 is 0 Å². The Morgan fingerprint density at radius 1 is 1.60 bits per heavy atom. The van der Waals surface area contributed by atoms with E-state index in [2.05, 4.69) is 31.1 Å². The summed E-state index contributed by atoms with van der Waals surface area (Å²) in [4.78, 5) is 2.39. The summed E-state index contributed by atoms with van der Waals surface area (Å²) in [7, 11) is 0. The van der Waals surface area contributed by atoms with Crippen LogP contribution in [0.3, 0.4) is 0 Å². The zero-order valence-electron chi connectivity index (χ0n) is 6.85. The Morgan fingerprint density at radius 2 is 2.20 bits per heavy atom. The average molecular weight is 137 g/mol. The van der Waals surface area contributed by atoms with Crippen molar-refractivity contribution < 1.29 is 0 Å². The van der Waals surface area contributed by atoms with Crippen molar-refractivity contribution in [1.82, 2.24) is 4.90 Å². The molecule has 0 aromatic heterocycles. The van der Waals surface area contributed by atoms with Crippen molar-refractivity contribution in [3.05, 3.63) is 18.4 Å². The van der Waals surface area contributed by atoms with Gasteiger partial charge >= 0.3 is 0 Å². The SMILES string of the molecule is C=C=CCN1CC(C)(C)C1. The van der Waals surface area contributed by atoms with E-state index in [0.717, 1.165) is 6.54 Å². The van der Waals surface area contributed by atoms with E-state index in [1.807, 2.05) is 6.08 Å². The number of hydrogen-bond donors (Lipinski definition) is 0. The monoisotopic (exact) mass is 137 g/mol. The van der Waals surface area contributed by atoms with Crippen LogP contribution in [0, 0.1) is 5.41 Å². The highest BCUT2D eigenvalue weighted by molar-refractivity contribution is 4.91. The van der Waals surface area contributed by atoms with Crippen molar-refractivity contribution >= 4 is 0 Å². The fraction of sp³-hybridized carbons (Fsp3) is 0.667. The molecule has 1 fully saturated rings. The summed E-state index contributed by atoms with van der Waals surface area (Å²) >= 11 is 0. The normalized spacial score (nSPS) is 23.0. The molecule has 1 rings (SSSR count). The summed E-state index contributed by atoms with van der Waals surface area (Å²) in [6, 6.07) is 0. The highest BCUT2D eigenvalue weighted by atomic mass is 15.2. The van der Waals surface area contributed by atoms with E-state index in [1.54, 1.807) is 0 Å². The molecule has 0 amide bonds. The molecule has 10 heavy (non-hydrogen) atoms. The summed E-state index contributed by atoms with van der Waals surface area (Å²) in [5.41, 5.74) is 3.33. The molecule has 0 radical (unpaired) electrons. The lowest BCUT2D eigenvalue weighted by Crippen LogP contribution is -2.52. The maximum Gasteiger partial charge on any atom is 0.0238 e. The largest absolute Gasteiger partial charge is 0.298 e. The Bertz CT molecular complexity index is 156. The molecule has 0 N–H and O–H groups in total. The lowest BCUT2D eigenvalue weighted by molar-refractivity contribution is 0.0424. The quantitative estimate of drug-likeness (QED) is 0.523. The maximum atomic E-state index is 3.52. The molecule has 0 saturated carbocycles. The zero-order valence-corrected chi connectivity index (χ0v) is 6.85. The summed E-state index contributed by atoms with van der Waals surface area (Å²) < 4.78 is 0. The molecule has 0 aromatic rings. The molecule has 0 spiro atoms. The first-order valence-corrected chi connectivity index (χ1v) is 3.71. The maximum absolute atomic E-state index is 3.52. The fourth-order valence-electron chi connectivity index (χ4n) is 1.49. The van der Waals surface area contributed by atoms with Crippen molar-refractivity contribution in [3.8, 4) is 0 Å². The summed E-state index contributed by atoms with van der Waals surface area (Å²) in [5, 5.41) is 0. The van der Waals surface area contributed by atoms with Crippen molar-refractivity contribution in [2.75, 3.05) is 19.6 Å². The number of nitrogens with zero attached hydrogens (tertiary/aromatic N) is 1. The van der Waals surface area contributed by atoms with Crippen LogP contribution in [0.1, 0.15) is 13.8 Å². The zero-order chi connectivity index (χ0) is 7.61. The summed E-state index contributed by atoms with van der Waals surface area (Å²) in [6.45, 7) is 11.6. The third-order valence-electron chi connectivity index (χ3n) is 1.80. The van der Waals surface area contributed by atoms with Gasteiger partial charge in [-0.15, -0.1) is 5.73 Å². The Kier molecular flexibility index (Phi) is 1.98. The standard InChI is InChI=1S/C9H15N/c1-4-5-6-10-7-9(2,3)8-10/h5H,1,6-8H2,2-3H3. The van der Waals surface area contributed by atoms with Gasteiger partial charge in [0.2, 0.25) is 0 Å². The first kappa shape index (κ1) is 7.59. The van der Waals surface area contributed by atoms with E-state index in [0.29, 0.717) is 5.41 Å². The smallest absolute Gasteiger partial charge is 0.0238 e. The third-order valence-corrected chi connectivity index (χ3v) is 1.80. The minimum absolute atomic E-state index is 0.551. The molecule has 1 saturated heterocycles. The minimum atomic E-state index is 0.551. The van der Waals surface area contributed by atoms with Crippen molar-refractivity contribution in [2.24, 2.45) is 5.41 Å². The van der Waals surface area contributed by atoms with E-state index in [9.17, 15) is 0 Å². The highest BCUT2D eigenvalue weighted by Gasteiger charge is 2.32. The number of rotatable bonds is 2. The Labute approximate surface area is 63.0 Å².